The van der Waals surface area contributed by atoms with Crippen LogP contribution in [0.4, 0.5) is 10.5 Å². The number of thiophene rings is 1. The van der Waals surface area contributed by atoms with Gasteiger partial charge in [-0.25, -0.2) is 4.98 Å². The van der Waals surface area contributed by atoms with Crippen molar-refractivity contribution in [1.82, 2.24) is 9.88 Å². The van der Waals surface area contributed by atoms with Crippen molar-refractivity contribution in [2.45, 2.75) is 4.90 Å². The molecule has 4 rings (SSSR count). The Morgan fingerprint density at radius 3 is 2.45 bits per heavy atom. The molecule has 0 radical (unpaired) electrons. The molecular formula is C21H17N3O2S3. The van der Waals surface area contributed by atoms with E-state index in [0.717, 1.165) is 36.8 Å². The first kappa shape index (κ1) is 19.6. The minimum absolute atomic E-state index is 0.0391. The summed E-state index contributed by atoms with van der Waals surface area (Å²) >= 11 is 4.20. The standard InChI is InChI=1S/C21H17N3O2S3/c1-24(2)21(26)27-14-9-7-13(8-10-14)22-19(25)17-11-12-18(28-17)20-23-15-5-3-4-6-16(15)29-20/h3-12H,1-2H3,(H,22,25). The van der Waals surface area contributed by atoms with Gasteiger partial charge in [-0.05, 0) is 60.3 Å². The quantitative estimate of drug-likeness (QED) is 0.393. The predicted octanol–water partition coefficient (Wildman–Crippen LogP) is 6.05. The number of nitrogens with zero attached hydrogens (tertiary/aromatic N) is 2. The number of carbonyl (C=O) groups excluding carboxylic acids is 2. The Morgan fingerprint density at radius 2 is 1.72 bits per heavy atom. The number of thioether (sulfide) groups is 1. The zero-order chi connectivity index (χ0) is 20.4. The molecule has 2 amide bonds. The van der Waals surface area contributed by atoms with E-state index in [9.17, 15) is 9.59 Å². The molecule has 0 saturated heterocycles. The Bertz CT molecular complexity index is 1150. The van der Waals surface area contributed by atoms with Crippen molar-refractivity contribution in [3.05, 3.63) is 65.5 Å². The maximum absolute atomic E-state index is 12.6. The Kier molecular flexibility index (Phi) is 5.66. The minimum atomic E-state index is -0.160. The van der Waals surface area contributed by atoms with Crippen LogP contribution in [0.25, 0.3) is 20.1 Å². The average molecular weight is 440 g/mol. The van der Waals surface area contributed by atoms with E-state index in [0.29, 0.717) is 10.6 Å². The normalized spacial score (nSPS) is 10.8. The number of rotatable bonds is 4. The molecule has 0 unspecified atom stereocenters. The van der Waals surface area contributed by atoms with Gasteiger partial charge in [-0.2, -0.15) is 0 Å². The number of amides is 2. The predicted molar refractivity (Wildman–Crippen MR) is 122 cm³/mol. The molecule has 146 valence electrons. The first-order chi connectivity index (χ1) is 14.0. The average Bonchev–Trinajstić information content (AvgIpc) is 3.36. The molecule has 5 nitrogen and oxygen atoms in total. The second kappa shape index (κ2) is 8.36. The summed E-state index contributed by atoms with van der Waals surface area (Å²) in [5, 5.41) is 3.78. The van der Waals surface area contributed by atoms with Gasteiger partial charge in [-0.15, -0.1) is 22.7 Å². The number of hydrogen-bond donors (Lipinski definition) is 1. The number of aromatic nitrogens is 1. The molecule has 8 heteroatoms. The number of para-hydroxylation sites is 1. The van der Waals surface area contributed by atoms with Gasteiger partial charge in [0.1, 0.15) is 5.01 Å². The van der Waals surface area contributed by atoms with Crippen LogP contribution >= 0.6 is 34.4 Å². The van der Waals surface area contributed by atoms with Crippen molar-refractivity contribution in [1.29, 1.82) is 0 Å². The maximum Gasteiger partial charge on any atom is 0.285 e. The van der Waals surface area contributed by atoms with E-state index in [1.807, 2.05) is 48.5 Å². The van der Waals surface area contributed by atoms with Gasteiger partial charge in [-0.3, -0.25) is 9.59 Å². The SMILES string of the molecule is CN(C)C(=O)Sc1ccc(NC(=O)c2ccc(-c3nc4ccccc4s3)s2)cc1. The zero-order valence-electron chi connectivity index (χ0n) is 15.7. The van der Waals surface area contributed by atoms with Crippen LogP contribution in [0.15, 0.2) is 65.6 Å². The Hall–Kier alpha value is -2.68. The molecule has 29 heavy (non-hydrogen) atoms. The van der Waals surface area contributed by atoms with Crippen molar-refractivity contribution >= 4 is 61.5 Å². The highest BCUT2D eigenvalue weighted by molar-refractivity contribution is 8.13. The van der Waals surface area contributed by atoms with Crippen LogP contribution in [0.5, 0.6) is 0 Å². The summed E-state index contributed by atoms with van der Waals surface area (Å²) in [7, 11) is 3.43. The number of anilines is 1. The fraction of sp³-hybridized carbons (Fsp3) is 0.0952. The van der Waals surface area contributed by atoms with Crippen LogP contribution in [-0.2, 0) is 0 Å². The topological polar surface area (TPSA) is 62.3 Å². The van der Waals surface area contributed by atoms with Gasteiger partial charge < -0.3 is 10.2 Å². The van der Waals surface area contributed by atoms with E-state index in [2.05, 4.69) is 10.3 Å². The Balaban J connectivity index is 1.44. The highest BCUT2D eigenvalue weighted by Crippen LogP contribution is 2.34. The number of carbonyl (C=O) groups is 2. The number of hydrogen-bond acceptors (Lipinski definition) is 6. The molecule has 0 aliphatic rings. The molecule has 4 aromatic rings. The van der Waals surface area contributed by atoms with Crippen LogP contribution < -0.4 is 5.32 Å². The molecule has 0 saturated carbocycles. The molecule has 2 aromatic carbocycles. The van der Waals surface area contributed by atoms with Crippen molar-refractivity contribution in [2.75, 3.05) is 19.4 Å². The minimum Gasteiger partial charge on any atom is -0.339 e. The molecular weight excluding hydrogens is 422 g/mol. The lowest BCUT2D eigenvalue weighted by molar-refractivity contribution is 0.103. The first-order valence-electron chi connectivity index (χ1n) is 8.76. The van der Waals surface area contributed by atoms with Crippen LogP contribution in [-0.4, -0.2) is 35.1 Å². The van der Waals surface area contributed by atoms with E-state index in [4.69, 9.17) is 0 Å². The van der Waals surface area contributed by atoms with Crippen molar-refractivity contribution < 1.29 is 9.59 Å². The van der Waals surface area contributed by atoms with Gasteiger partial charge >= 0.3 is 0 Å². The summed E-state index contributed by atoms with van der Waals surface area (Å²) in [6.07, 6.45) is 0. The van der Waals surface area contributed by atoms with Crippen LogP contribution in [0.3, 0.4) is 0 Å². The van der Waals surface area contributed by atoms with E-state index in [-0.39, 0.29) is 11.1 Å². The first-order valence-corrected chi connectivity index (χ1v) is 11.2. The second-order valence-corrected chi connectivity index (χ2v) is 9.53. The molecule has 2 aromatic heterocycles. The van der Waals surface area contributed by atoms with Crippen molar-refractivity contribution in [3.8, 4) is 9.88 Å². The van der Waals surface area contributed by atoms with Crippen LogP contribution in [0.1, 0.15) is 9.67 Å². The zero-order valence-corrected chi connectivity index (χ0v) is 18.2. The second-order valence-electron chi connectivity index (χ2n) is 6.39. The van der Waals surface area contributed by atoms with Gasteiger partial charge in [0.15, 0.2) is 0 Å². The summed E-state index contributed by atoms with van der Waals surface area (Å²) in [5.74, 6) is -0.160. The van der Waals surface area contributed by atoms with Crippen molar-refractivity contribution in [2.24, 2.45) is 0 Å². The molecule has 0 atom stereocenters. The van der Waals surface area contributed by atoms with Crippen LogP contribution in [0.2, 0.25) is 0 Å². The van der Waals surface area contributed by atoms with E-state index >= 15 is 0 Å². The molecule has 1 N–H and O–H groups in total. The fourth-order valence-corrected chi connectivity index (χ4v) is 5.12. The smallest absolute Gasteiger partial charge is 0.285 e. The lowest BCUT2D eigenvalue weighted by Gasteiger charge is -2.09. The molecule has 0 aliphatic heterocycles. The van der Waals surface area contributed by atoms with Gasteiger partial charge in [-0.1, -0.05) is 12.1 Å². The summed E-state index contributed by atoms with van der Waals surface area (Å²) in [5.41, 5.74) is 1.66. The third-order valence-corrected chi connectivity index (χ3v) is 7.35. The Labute approximate surface area is 180 Å². The summed E-state index contributed by atoms with van der Waals surface area (Å²) in [6.45, 7) is 0. The summed E-state index contributed by atoms with van der Waals surface area (Å²) in [6, 6.07) is 19.0. The highest BCUT2D eigenvalue weighted by atomic mass is 32.2. The molecule has 0 bridgehead atoms. The number of benzene rings is 2. The molecule has 0 spiro atoms. The Morgan fingerprint density at radius 1 is 0.966 bits per heavy atom. The molecule has 2 heterocycles. The monoisotopic (exact) mass is 439 g/mol. The number of nitrogens with one attached hydrogen (secondary N) is 1. The van der Waals surface area contributed by atoms with Gasteiger partial charge in [0.2, 0.25) is 0 Å². The summed E-state index contributed by atoms with van der Waals surface area (Å²) in [4.78, 5) is 33.0. The molecule has 0 aliphatic carbocycles. The van der Waals surface area contributed by atoms with Crippen molar-refractivity contribution in [3.63, 3.8) is 0 Å². The highest BCUT2D eigenvalue weighted by Gasteiger charge is 2.14. The lowest BCUT2D eigenvalue weighted by atomic mass is 10.3. The summed E-state index contributed by atoms with van der Waals surface area (Å²) < 4.78 is 1.13. The van der Waals surface area contributed by atoms with E-state index < -0.39 is 0 Å². The van der Waals surface area contributed by atoms with Gasteiger partial charge in [0.05, 0.1) is 20.0 Å². The van der Waals surface area contributed by atoms with Gasteiger partial charge in [0, 0.05) is 24.7 Å². The molecule has 0 fully saturated rings. The number of fused-ring (bicyclic) bond motifs is 1. The maximum atomic E-state index is 12.6. The van der Waals surface area contributed by atoms with Gasteiger partial charge in [0.25, 0.3) is 11.1 Å². The lowest BCUT2D eigenvalue weighted by Crippen LogP contribution is -2.16. The third kappa shape index (κ3) is 4.50. The van der Waals surface area contributed by atoms with Crippen LogP contribution in [0, 0.1) is 0 Å². The van der Waals surface area contributed by atoms with E-state index in [1.54, 1.807) is 37.6 Å². The largest absolute Gasteiger partial charge is 0.339 e. The number of thiazole rings is 1. The fourth-order valence-electron chi connectivity index (χ4n) is 2.54. The third-order valence-electron chi connectivity index (χ3n) is 4.02. The van der Waals surface area contributed by atoms with E-state index in [1.165, 1.54) is 16.2 Å².